The van der Waals surface area contributed by atoms with Gasteiger partial charge in [-0.3, -0.25) is 4.98 Å². The van der Waals surface area contributed by atoms with Crippen LogP contribution in [0.5, 0.6) is 0 Å². The lowest BCUT2D eigenvalue weighted by Crippen LogP contribution is -2.29. The number of aromatic nitrogens is 1. The number of anilines is 1. The van der Waals surface area contributed by atoms with E-state index in [-0.39, 0.29) is 12.1 Å². The summed E-state index contributed by atoms with van der Waals surface area (Å²) in [5, 5.41) is 6.39. The minimum absolute atomic E-state index is 0.0185. The Labute approximate surface area is 171 Å². The van der Waals surface area contributed by atoms with Crippen LogP contribution >= 0.6 is 39.5 Å². The average Bonchev–Trinajstić information content (AvgIpc) is 3.21. The number of aryl methyl sites for hydroxylation is 2. The molecule has 0 saturated carbocycles. The highest BCUT2D eigenvalue weighted by Crippen LogP contribution is 2.44. The van der Waals surface area contributed by atoms with E-state index in [1.54, 1.807) is 11.3 Å². The van der Waals surface area contributed by atoms with Crippen LogP contribution in [0.15, 0.2) is 58.5 Å². The molecule has 132 valence electrons. The number of thiophene rings is 1. The molecule has 0 radical (unpaired) electrons. The smallest absolute Gasteiger partial charge is 0.174 e. The molecule has 1 N–H and O–H groups in total. The van der Waals surface area contributed by atoms with Crippen molar-refractivity contribution in [3.05, 3.63) is 80.2 Å². The van der Waals surface area contributed by atoms with Gasteiger partial charge < -0.3 is 10.2 Å². The molecule has 0 spiro atoms. The Morgan fingerprint density at radius 2 is 2.00 bits per heavy atom. The lowest BCUT2D eigenvalue weighted by molar-refractivity contribution is 0.573. The zero-order valence-electron chi connectivity index (χ0n) is 14.4. The van der Waals surface area contributed by atoms with Crippen LogP contribution in [0.25, 0.3) is 0 Å². The molecule has 26 heavy (non-hydrogen) atoms. The number of thiocarbonyl (C=S) groups is 1. The van der Waals surface area contributed by atoms with Crippen molar-refractivity contribution < 1.29 is 0 Å². The Morgan fingerprint density at radius 1 is 1.15 bits per heavy atom. The Kier molecular flexibility index (Phi) is 4.82. The number of halogens is 1. The van der Waals surface area contributed by atoms with Crippen molar-refractivity contribution >= 4 is 50.3 Å². The van der Waals surface area contributed by atoms with E-state index in [4.69, 9.17) is 12.2 Å². The summed E-state index contributed by atoms with van der Waals surface area (Å²) in [6, 6.07) is 14.7. The maximum Gasteiger partial charge on any atom is 0.174 e. The standard InChI is InChI=1S/C20H18BrN3S2/c1-12-8-10-26-19(12)18-17(16-5-3-4-9-22-16)23-20(25)24(18)14-6-7-15(21)13(2)11-14/h3-11,17-18H,1-2H3,(H,23,25)/t17-,18-/m0/s1. The minimum atomic E-state index is 0.0185. The van der Waals surface area contributed by atoms with E-state index >= 15 is 0 Å². The van der Waals surface area contributed by atoms with E-state index in [0.29, 0.717) is 0 Å². The number of benzene rings is 1. The molecule has 1 fully saturated rings. The molecule has 4 rings (SSSR count). The highest BCUT2D eigenvalue weighted by atomic mass is 79.9. The molecule has 6 heteroatoms. The second-order valence-corrected chi connectivity index (χ2v) is 8.59. The van der Waals surface area contributed by atoms with E-state index in [9.17, 15) is 0 Å². The molecule has 3 nitrogen and oxygen atoms in total. The number of hydrogen-bond acceptors (Lipinski definition) is 3. The quantitative estimate of drug-likeness (QED) is 0.525. The molecule has 0 aliphatic carbocycles. The molecule has 0 unspecified atom stereocenters. The van der Waals surface area contributed by atoms with Crippen molar-refractivity contribution in [3.8, 4) is 0 Å². The lowest BCUT2D eigenvalue weighted by atomic mass is 10.0. The van der Waals surface area contributed by atoms with E-state index in [2.05, 4.69) is 80.7 Å². The van der Waals surface area contributed by atoms with Crippen molar-refractivity contribution in [2.45, 2.75) is 25.9 Å². The molecule has 0 bridgehead atoms. The molecule has 1 aromatic carbocycles. The van der Waals surface area contributed by atoms with Gasteiger partial charge in [-0.2, -0.15) is 0 Å². The molecule has 2 aromatic heterocycles. The summed E-state index contributed by atoms with van der Waals surface area (Å²) in [7, 11) is 0. The SMILES string of the molecule is Cc1cc(N2C(=S)N[C@@H](c3ccccn3)[C@H]2c2sccc2C)ccc1Br. The first-order chi connectivity index (χ1) is 12.6. The monoisotopic (exact) mass is 443 g/mol. The third kappa shape index (κ3) is 3.06. The summed E-state index contributed by atoms with van der Waals surface area (Å²) >= 11 is 11.1. The van der Waals surface area contributed by atoms with E-state index in [1.165, 1.54) is 16.0 Å². The second-order valence-electron chi connectivity index (χ2n) is 6.40. The molecular formula is C20H18BrN3S2. The van der Waals surface area contributed by atoms with Crippen molar-refractivity contribution in [1.29, 1.82) is 0 Å². The summed E-state index contributed by atoms with van der Waals surface area (Å²) < 4.78 is 1.10. The van der Waals surface area contributed by atoms with Crippen LogP contribution in [0.4, 0.5) is 5.69 Å². The number of hydrogen-bond donors (Lipinski definition) is 1. The molecule has 1 saturated heterocycles. The minimum Gasteiger partial charge on any atom is -0.351 e. The van der Waals surface area contributed by atoms with Gasteiger partial charge in [-0.25, -0.2) is 0 Å². The van der Waals surface area contributed by atoms with Gasteiger partial charge in [-0.1, -0.05) is 22.0 Å². The highest BCUT2D eigenvalue weighted by Gasteiger charge is 2.41. The third-order valence-corrected chi connectivity index (χ3v) is 6.98. The fraction of sp³-hybridized carbons (Fsp3) is 0.200. The first-order valence-corrected chi connectivity index (χ1v) is 10.4. The Balaban J connectivity index is 1.85. The molecule has 1 aliphatic heterocycles. The van der Waals surface area contributed by atoms with Crippen LogP contribution in [0.2, 0.25) is 0 Å². The van der Waals surface area contributed by atoms with Gasteiger partial charge in [0, 0.05) is 21.2 Å². The topological polar surface area (TPSA) is 28.2 Å². The van der Waals surface area contributed by atoms with Crippen LogP contribution in [-0.2, 0) is 0 Å². The maximum atomic E-state index is 5.75. The van der Waals surface area contributed by atoms with Crippen molar-refractivity contribution in [2.24, 2.45) is 0 Å². The van der Waals surface area contributed by atoms with Gasteiger partial charge in [0.2, 0.25) is 0 Å². The summed E-state index contributed by atoms with van der Waals surface area (Å²) in [6.07, 6.45) is 1.84. The van der Waals surface area contributed by atoms with Crippen molar-refractivity contribution in [3.63, 3.8) is 0 Å². The molecule has 0 amide bonds. The van der Waals surface area contributed by atoms with Crippen LogP contribution in [0, 0.1) is 13.8 Å². The first-order valence-electron chi connectivity index (χ1n) is 8.37. The van der Waals surface area contributed by atoms with Crippen molar-refractivity contribution in [1.82, 2.24) is 10.3 Å². The average molecular weight is 444 g/mol. The van der Waals surface area contributed by atoms with Crippen LogP contribution in [0.1, 0.15) is 33.8 Å². The van der Waals surface area contributed by atoms with E-state index in [0.717, 1.165) is 21.0 Å². The predicted octanol–water partition coefficient (Wildman–Crippen LogP) is 5.70. The third-order valence-electron chi connectivity index (χ3n) is 4.69. The molecule has 1 aliphatic rings. The van der Waals surface area contributed by atoms with Gasteiger partial charge in [0.1, 0.15) is 0 Å². The van der Waals surface area contributed by atoms with Gasteiger partial charge in [0.15, 0.2) is 5.11 Å². The van der Waals surface area contributed by atoms with Gasteiger partial charge in [0.25, 0.3) is 0 Å². The van der Waals surface area contributed by atoms with Gasteiger partial charge in [-0.15, -0.1) is 11.3 Å². The maximum absolute atomic E-state index is 5.75. The van der Waals surface area contributed by atoms with Crippen molar-refractivity contribution in [2.75, 3.05) is 4.90 Å². The van der Waals surface area contributed by atoms with E-state index in [1.807, 2.05) is 18.3 Å². The first kappa shape index (κ1) is 17.6. The fourth-order valence-electron chi connectivity index (χ4n) is 3.37. The zero-order chi connectivity index (χ0) is 18.3. The fourth-order valence-corrected chi connectivity index (χ4v) is 5.01. The van der Waals surface area contributed by atoms with E-state index < -0.39 is 0 Å². The van der Waals surface area contributed by atoms with Gasteiger partial charge >= 0.3 is 0 Å². The largest absolute Gasteiger partial charge is 0.351 e. The summed E-state index contributed by atoms with van der Waals surface area (Å²) in [6.45, 7) is 4.26. The zero-order valence-corrected chi connectivity index (χ0v) is 17.7. The number of nitrogens with zero attached hydrogens (tertiary/aromatic N) is 2. The van der Waals surface area contributed by atoms with Gasteiger partial charge in [-0.05, 0) is 79.0 Å². The number of rotatable bonds is 3. The summed E-state index contributed by atoms with van der Waals surface area (Å²) in [4.78, 5) is 8.14. The number of nitrogens with one attached hydrogen (secondary N) is 1. The Bertz CT molecular complexity index is 955. The predicted molar refractivity (Wildman–Crippen MR) is 116 cm³/mol. The summed E-state index contributed by atoms with van der Waals surface area (Å²) in [5.74, 6) is 0. The molecular weight excluding hydrogens is 426 g/mol. The van der Waals surface area contributed by atoms with Crippen LogP contribution < -0.4 is 10.2 Å². The molecule has 2 atom stereocenters. The summed E-state index contributed by atoms with van der Waals surface area (Å²) in [5.41, 5.74) is 4.57. The lowest BCUT2D eigenvalue weighted by Gasteiger charge is -2.28. The Hall–Kier alpha value is -1.76. The number of pyridine rings is 1. The Morgan fingerprint density at radius 3 is 2.65 bits per heavy atom. The second kappa shape index (κ2) is 7.10. The molecule has 3 heterocycles. The molecule has 3 aromatic rings. The normalized spacial score (nSPS) is 19.7. The van der Waals surface area contributed by atoms with Gasteiger partial charge in [0.05, 0.1) is 17.8 Å². The highest BCUT2D eigenvalue weighted by molar-refractivity contribution is 9.10. The van der Waals surface area contributed by atoms with Crippen LogP contribution in [-0.4, -0.2) is 10.1 Å². The van der Waals surface area contributed by atoms with Crippen LogP contribution in [0.3, 0.4) is 0 Å².